The van der Waals surface area contributed by atoms with E-state index in [1.807, 2.05) is 24.3 Å². The van der Waals surface area contributed by atoms with Gasteiger partial charge < -0.3 is 26.6 Å². The summed E-state index contributed by atoms with van der Waals surface area (Å²) < 4.78 is 33.8. The summed E-state index contributed by atoms with van der Waals surface area (Å²) in [6, 6.07) is 33.6. The SMILES string of the molecule is CO[Si](OC)(OC)c1ccc(C=Cc2ccc3cc4ccccc4cc3c2C=Cc2ccc([Si](OC)(OC)OC)cc2)cc1. The van der Waals surface area contributed by atoms with Gasteiger partial charge in [-0.25, -0.2) is 0 Å². The van der Waals surface area contributed by atoms with E-state index in [0.29, 0.717) is 0 Å². The van der Waals surface area contributed by atoms with Crippen molar-refractivity contribution in [1.29, 1.82) is 0 Å². The van der Waals surface area contributed by atoms with Crippen molar-refractivity contribution >= 4 is 73.8 Å². The van der Waals surface area contributed by atoms with Gasteiger partial charge >= 0.3 is 17.6 Å². The molecule has 5 rings (SSSR count). The molecule has 0 saturated heterocycles. The summed E-state index contributed by atoms with van der Waals surface area (Å²) in [6.45, 7) is 0. The predicted molar refractivity (Wildman–Crippen MR) is 185 cm³/mol. The van der Waals surface area contributed by atoms with E-state index in [2.05, 4.69) is 97.1 Å². The van der Waals surface area contributed by atoms with Gasteiger partial charge in [-0.3, -0.25) is 0 Å². The van der Waals surface area contributed by atoms with E-state index in [4.69, 9.17) is 26.6 Å². The highest BCUT2D eigenvalue weighted by molar-refractivity contribution is 6.75. The zero-order valence-electron chi connectivity index (χ0n) is 26.0. The fourth-order valence-corrected chi connectivity index (χ4v) is 9.12. The Bertz CT molecular complexity index is 1760. The normalized spacial score (nSPS) is 12.7. The first-order valence-corrected chi connectivity index (χ1v) is 17.7. The Hall–Kier alpha value is -3.71. The van der Waals surface area contributed by atoms with Crippen molar-refractivity contribution in [3.63, 3.8) is 0 Å². The van der Waals surface area contributed by atoms with Crippen molar-refractivity contribution in [2.75, 3.05) is 42.7 Å². The van der Waals surface area contributed by atoms with E-state index < -0.39 is 17.6 Å². The molecule has 8 heteroatoms. The Morgan fingerprint density at radius 1 is 0.432 bits per heavy atom. The molecular weight excluding hydrogens is 585 g/mol. The van der Waals surface area contributed by atoms with Crippen LogP contribution in [0.1, 0.15) is 22.3 Å². The minimum Gasteiger partial charge on any atom is -0.373 e. The van der Waals surface area contributed by atoms with Gasteiger partial charge in [-0.1, -0.05) is 109 Å². The van der Waals surface area contributed by atoms with Gasteiger partial charge in [-0.15, -0.1) is 0 Å². The largest absolute Gasteiger partial charge is 0.536 e. The second kappa shape index (κ2) is 13.9. The number of fused-ring (bicyclic) bond motifs is 2. The van der Waals surface area contributed by atoms with Crippen molar-refractivity contribution in [2.45, 2.75) is 0 Å². The molecule has 0 radical (unpaired) electrons. The fraction of sp³-hybridized carbons (Fsp3) is 0.167. The molecule has 0 aliphatic carbocycles. The third-order valence-corrected chi connectivity index (χ3v) is 13.3. The van der Waals surface area contributed by atoms with Crippen LogP contribution in [0.4, 0.5) is 0 Å². The van der Waals surface area contributed by atoms with E-state index in [1.54, 1.807) is 42.7 Å². The smallest absolute Gasteiger partial charge is 0.373 e. The van der Waals surface area contributed by atoms with Crippen LogP contribution in [0.15, 0.2) is 97.1 Å². The maximum Gasteiger partial charge on any atom is 0.536 e. The molecule has 5 aromatic carbocycles. The molecule has 44 heavy (non-hydrogen) atoms. The fourth-order valence-electron chi connectivity index (χ4n) is 5.55. The van der Waals surface area contributed by atoms with Crippen LogP contribution in [-0.4, -0.2) is 60.3 Å². The minimum absolute atomic E-state index is 0.912. The Labute approximate surface area is 261 Å². The highest BCUT2D eigenvalue weighted by Crippen LogP contribution is 2.30. The van der Waals surface area contributed by atoms with Gasteiger partial charge in [0.05, 0.1) is 0 Å². The van der Waals surface area contributed by atoms with Crippen LogP contribution < -0.4 is 10.4 Å². The summed E-state index contributed by atoms with van der Waals surface area (Å²) in [4.78, 5) is 0. The summed E-state index contributed by atoms with van der Waals surface area (Å²) in [5.74, 6) is 0. The molecule has 0 fully saturated rings. The van der Waals surface area contributed by atoms with Crippen molar-refractivity contribution in [3.8, 4) is 0 Å². The summed E-state index contributed by atoms with van der Waals surface area (Å²) >= 11 is 0. The van der Waals surface area contributed by atoms with Gasteiger partial charge in [-0.05, 0) is 55.9 Å². The number of hydrogen-bond acceptors (Lipinski definition) is 6. The number of benzene rings is 5. The molecule has 0 unspecified atom stereocenters. The molecule has 0 aliphatic rings. The zero-order valence-corrected chi connectivity index (χ0v) is 28.0. The van der Waals surface area contributed by atoms with Crippen LogP contribution in [-0.2, 0) is 26.6 Å². The van der Waals surface area contributed by atoms with Crippen LogP contribution in [0.2, 0.25) is 0 Å². The van der Waals surface area contributed by atoms with Gasteiger partial charge in [0.25, 0.3) is 0 Å². The molecule has 0 bridgehead atoms. The van der Waals surface area contributed by atoms with E-state index in [-0.39, 0.29) is 0 Å². The second-order valence-corrected chi connectivity index (χ2v) is 16.1. The molecule has 0 aromatic heterocycles. The lowest BCUT2D eigenvalue weighted by atomic mass is 9.94. The molecule has 0 spiro atoms. The maximum absolute atomic E-state index is 5.65. The maximum atomic E-state index is 5.65. The first-order chi connectivity index (χ1) is 21.4. The van der Waals surface area contributed by atoms with Crippen molar-refractivity contribution in [2.24, 2.45) is 0 Å². The first-order valence-electron chi connectivity index (χ1n) is 14.3. The zero-order chi connectivity index (χ0) is 31.2. The van der Waals surface area contributed by atoms with E-state index in [1.165, 1.54) is 21.5 Å². The van der Waals surface area contributed by atoms with Gasteiger partial charge in [-0.2, -0.15) is 0 Å². The average molecular weight is 623 g/mol. The van der Waals surface area contributed by atoms with Crippen LogP contribution in [0, 0.1) is 0 Å². The molecule has 0 N–H and O–H groups in total. The Morgan fingerprint density at radius 2 is 0.886 bits per heavy atom. The average Bonchev–Trinajstić information content (AvgIpc) is 3.08. The first kappa shape index (κ1) is 31.7. The molecule has 0 atom stereocenters. The Balaban J connectivity index is 1.54. The summed E-state index contributed by atoms with van der Waals surface area (Å²) in [6.07, 6.45) is 8.62. The van der Waals surface area contributed by atoms with E-state index in [0.717, 1.165) is 32.6 Å². The summed E-state index contributed by atoms with van der Waals surface area (Å²) in [7, 11) is 3.94. The lowest BCUT2D eigenvalue weighted by Crippen LogP contribution is -2.54. The molecule has 5 aromatic rings. The van der Waals surface area contributed by atoms with Crippen LogP contribution in [0.5, 0.6) is 0 Å². The Kier molecular flexibility index (Phi) is 10.0. The number of hydrogen-bond donors (Lipinski definition) is 0. The van der Waals surface area contributed by atoms with Crippen LogP contribution in [0.25, 0.3) is 45.8 Å². The molecule has 0 aliphatic heterocycles. The third-order valence-electron chi connectivity index (χ3n) is 8.00. The molecule has 0 amide bonds. The van der Waals surface area contributed by atoms with Gasteiger partial charge in [0.15, 0.2) is 0 Å². The minimum atomic E-state index is -2.89. The second-order valence-electron chi connectivity index (χ2n) is 10.2. The third kappa shape index (κ3) is 6.25. The standard InChI is InChI=1S/C36H38O6Si2/c1-37-43(38-2,39-3)33-20-12-27(13-21-33)11-17-29-18-19-32-25-30-9-7-8-10-31(30)26-36(32)35(29)24-16-28-14-22-34(23-15-28)44(40-4,41-5)42-6/h7-26H,1-6H3. The Morgan fingerprint density at radius 3 is 1.36 bits per heavy atom. The molecule has 0 heterocycles. The molecule has 226 valence electrons. The molecule has 6 nitrogen and oxygen atoms in total. The van der Waals surface area contributed by atoms with Crippen LogP contribution >= 0.6 is 0 Å². The highest BCUT2D eigenvalue weighted by atomic mass is 28.4. The van der Waals surface area contributed by atoms with Crippen LogP contribution in [0.3, 0.4) is 0 Å². The van der Waals surface area contributed by atoms with Crippen molar-refractivity contribution in [3.05, 3.63) is 119 Å². The summed E-state index contributed by atoms with van der Waals surface area (Å²) in [5, 5.41) is 6.63. The lowest BCUT2D eigenvalue weighted by Gasteiger charge is -2.24. The van der Waals surface area contributed by atoms with E-state index >= 15 is 0 Å². The van der Waals surface area contributed by atoms with Gasteiger partial charge in [0.2, 0.25) is 0 Å². The highest BCUT2D eigenvalue weighted by Gasteiger charge is 2.41. The molecule has 0 saturated carbocycles. The van der Waals surface area contributed by atoms with Gasteiger partial charge in [0.1, 0.15) is 0 Å². The number of rotatable bonds is 12. The van der Waals surface area contributed by atoms with Gasteiger partial charge in [0, 0.05) is 53.0 Å². The topological polar surface area (TPSA) is 55.4 Å². The van der Waals surface area contributed by atoms with Crippen molar-refractivity contribution in [1.82, 2.24) is 0 Å². The van der Waals surface area contributed by atoms with Crippen molar-refractivity contribution < 1.29 is 26.6 Å². The summed E-state index contributed by atoms with van der Waals surface area (Å²) in [5.41, 5.74) is 4.38. The molecular formula is C36H38O6Si2. The van der Waals surface area contributed by atoms with E-state index in [9.17, 15) is 0 Å². The monoisotopic (exact) mass is 622 g/mol. The quantitative estimate of drug-likeness (QED) is 0.0899. The predicted octanol–water partition coefficient (Wildman–Crippen LogP) is 6.50. The lowest BCUT2D eigenvalue weighted by molar-refractivity contribution is 0.140.